The third kappa shape index (κ3) is 3.99. The second-order valence-corrected chi connectivity index (χ2v) is 7.96. The van der Waals surface area contributed by atoms with Crippen LogP contribution < -0.4 is 9.64 Å². The van der Waals surface area contributed by atoms with E-state index in [9.17, 15) is 14.7 Å². The number of nitrogens with zero attached hydrogens (tertiary/aromatic N) is 2. The van der Waals surface area contributed by atoms with E-state index in [0.29, 0.717) is 22.7 Å². The van der Waals surface area contributed by atoms with Crippen LogP contribution in [0.3, 0.4) is 0 Å². The van der Waals surface area contributed by atoms with Crippen LogP contribution in [0, 0.1) is 6.92 Å². The largest absolute Gasteiger partial charge is 0.507 e. The number of aromatic nitrogens is 1. The maximum absolute atomic E-state index is 13.1. The van der Waals surface area contributed by atoms with Gasteiger partial charge in [-0.3, -0.25) is 14.5 Å². The summed E-state index contributed by atoms with van der Waals surface area (Å²) in [7, 11) is 0. The van der Waals surface area contributed by atoms with Gasteiger partial charge in [-0.2, -0.15) is 0 Å². The summed E-state index contributed by atoms with van der Waals surface area (Å²) in [6, 6.07) is 18.7. The highest BCUT2D eigenvalue weighted by Crippen LogP contribution is 2.41. The predicted octanol–water partition coefficient (Wildman–Crippen LogP) is 4.80. The third-order valence-corrected chi connectivity index (χ3v) is 5.23. The monoisotopic (exact) mass is 428 g/mol. The summed E-state index contributed by atoms with van der Waals surface area (Å²) in [6.07, 6.45) is 1.58. The molecule has 0 bridgehead atoms. The lowest BCUT2D eigenvalue weighted by molar-refractivity contribution is -0.132. The van der Waals surface area contributed by atoms with Crippen LogP contribution in [0.5, 0.6) is 5.75 Å². The highest BCUT2D eigenvalue weighted by atomic mass is 16.5. The zero-order valence-electron chi connectivity index (χ0n) is 18.1. The molecule has 1 atom stereocenters. The first kappa shape index (κ1) is 21.3. The Kier molecular flexibility index (Phi) is 5.77. The number of Topliss-reactive ketones (excluding diaryl/α,β-unsaturated/α-hetero) is 1. The van der Waals surface area contributed by atoms with Crippen molar-refractivity contribution in [3.63, 3.8) is 0 Å². The van der Waals surface area contributed by atoms with Crippen LogP contribution in [0.1, 0.15) is 36.6 Å². The summed E-state index contributed by atoms with van der Waals surface area (Å²) in [5.74, 6) is -0.708. The van der Waals surface area contributed by atoms with Crippen LogP contribution in [0.2, 0.25) is 0 Å². The van der Waals surface area contributed by atoms with Crippen LogP contribution in [0.4, 0.5) is 5.82 Å². The molecule has 32 heavy (non-hydrogen) atoms. The first-order valence-electron chi connectivity index (χ1n) is 10.4. The van der Waals surface area contributed by atoms with E-state index in [4.69, 9.17) is 4.74 Å². The van der Waals surface area contributed by atoms with Crippen molar-refractivity contribution >= 4 is 23.3 Å². The summed E-state index contributed by atoms with van der Waals surface area (Å²) < 4.78 is 5.65. The van der Waals surface area contributed by atoms with Gasteiger partial charge in [0.2, 0.25) is 0 Å². The van der Waals surface area contributed by atoms with Crippen molar-refractivity contribution in [2.75, 3.05) is 4.90 Å². The molecule has 0 aliphatic carbocycles. The van der Waals surface area contributed by atoms with Crippen molar-refractivity contribution in [1.29, 1.82) is 0 Å². The molecule has 1 saturated heterocycles. The molecule has 2 aromatic carbocycles. The number of carbonyl (C=O) groups excluding carboxylic acids is 2. The molecule has 0 saturated carbocycles. The second-order valence-electron chi connectivity index (χ2n) is 7.96. The zero-order valence-corrected chi connectivity index (χ0v) is 18.1. The first-order valence-corrected chi connectivity index (χ1v) is 10.4. The van der Waals surface area contributed by atoms with E-state index in [2.05, 4.69) is 4.98 Å². The topological polar surface area (TPSA) is 79.7 Å². The Morgan fingerprint density at radius 2 is 1.69 bits per heavy atom. The van der Waals surface area contributed by atoms with Crippen molar-refractivity contribution < 1.29 is 19.4 Å². The molecule has 1 fully saturated rings. The molecule has 1 aromatic heterocycles. The fourth-order valence-electron chi connectivity index (χ4n) is 3.75. The van der Waals surface area contributed by atoms with Gasteiger partial charge >= 0.3 is 5.91 Å². The summed E-state index contributed by atoms with van der Waals surface area (Å²) in [4.78, 5) is 31.8. The van der Waals surface area contributed by atoms with Crippen LogP contribution in [0.15, 0.2) is 78.5 Å². The molecule has 6 nitrogen and oxygen atoms in total. The van der Waals surface area contributed by atoms with Gasteiger partial charge in [-0.15, -0.1) is 0 Å². The summed E-state index contributed by atoms with van der Waals surface area (Å²) in [5.41, 5.74) is 2.21. The Hall–Kier alpha value is -3.93. The van der Waals surface area contributed by atoms with Crippen LogP contribution in [0.25, 0.3) is 5.76 Å². The van der Waals surface area contributed by atoms with Crippen molar-refractivity contribution in [3.05, 3.63) is 95.2 Å². The number of aryl methyl sites for hydroxylation is 1. The normalized spacial score (nSPS) is 17.8. The van der Waals surface area contributed by atoms with Gasteiger partial charge in [0, 0.05) is 11.8 Å². The number of ether oxygens (including phenoxy) is 1. The van der Waals surface area contributed by atoms with E-state index in [-0.39, 0.29) is 17.4 Å². The molecule has 1 unspecified atom stereocenters. The first-order chi connectivity index (χ1) is 15.4. The predicted molar refractivity (Wildman–Crippen MR) is 122 cm³/mol. The number of hydrogen-bond acceptors (Lipinski definition) is 5. The van der Waals surface area contributed by atoms with Crippen LogP contribution >= 0.6 is 0 Å². The number of ketones is 1. The van der Waals surface area contributed by atoms with Crippen molar-refractivity contribution in [3.8, 4) is 5.75 Å². The molecule has 6 heteroatoms. The van der Waals surface area contributed by atoms with Gasteiger partial charge in [-0.05, 0) is 62.7 Å². The molecule has 1 aliphatic heterocycles. The molecule has 3 aromatic rings. The highest BCUT2D eigenvalue weighted by Gasteiger charge is 2.47. The Labute approximate surface area is 186 Å². The Balaban J connectivity index is 1.85. The molecule has 0 spiro atoms. The zero-order chi connectivity index (χ0) is 22.8. The standard InChI is InChI=1S/C26H24N2O4/c1-16(2)32-20-13-11-19(12-14-20)24(29)22-23(18-9-7-17(3)8-10-18)28(26(31)25(22)30)21-6-4-5-15-27-21/h4-16,23,29H,1-3H3/b24-22+. The minimum atomic E-state index is -0.794. The maximum atomic E-state index is 13.1. The average Bonchev–Trinajstić information content (AvgIpc) is 3.05. The number of rotatable bonds is 5. The molecule has 0 radical (unpaired) electrons. The number of anilines is 1. The molecular formula is C26H24N2O4. The Morgan fingerprint density at radius 3 is 2.28 bits per heavy atom. The van der Waals surface area contributed by atoms with Gasteiger partial charge in [0.05, 0.1) is 17.7 Å². The van der Waals surface area contributed by atoms with E-state index >= 15 is 0 Å². The molecule has 1 amide bonds. The lowest BCUT2D eigenvalue weighted by Crippen LogP contribution is -2.30. The maximum Gasteiger partial charge on any atom is 0.301 e. The number of carbonyl (C=O) groups is 2. The van der Waals surface area contributed by atoms with Crippen LogP contribution in [-0.4, -0.2) is 27.9 Å². The minimum absolute atomic E-state index is 0.0136. The van der Waals surface area contributed by atoms with Crippen molar-refractivity contribution in [2.24, 2.45) is 0 Å². The van der Waals surface area contributed by atoms with Crippen LogP contribution in [-0.2, 0) is 9.59 Å². The quantitative estimate of drug-likeness (QED) is 0.359. The fourth-order valence-corrected chi connectivity index (χ4v) is 3.75. The van der Waals surface area contributed by atoms with Crippen molar-refractivity contribution in [1.82, 2.24) is 4.98 Å². The second kappa shape index (κ2) is 8.67. The SMILES string of the molecule is Cc1ccc(C2/C(=C(\O)c3ccc(OC(C)C)cc3)C(=O)C(=O)N2c2ccccn2)cc1. The number of hydrogen-bond donors (Lipinski definition) is 1. The van der Waals surface area contributed by atoms with Gasteiger partial charge in [-0.25, -0.2) is 4.98 Å². The molecule has 2 heterocycles. The summed E-state index contributed by atoms with van der Waals surface area (Å²) in [6.45, 7) is 5.81. The van der Waals surface area contributed by atoms with E-state index in [1.165, 1.54) is 4.90 Å². The van der Waals surface area contributed by atoms with Gasteiger partial charge < -0.3 is 9.84 Å². The van der Waals surface area contributed by atoms with E-state index in [1.54, 1.807) is 48.7 Å². The van der Waals surface area contributed by atoms with Gasteiger partial charge in [-0.1, -0.05) is 35.9 Å². The molecule has 162 valence electrons. The van der Waals surface area contributed by atoms with E-state index < -0.39 is 17.7 Å². The Morgan fingerprint density at radius 1 is 1.00 bits per heavy atom. The molecule has 1 N–H and O–H groups in total. The average molecular weight is 428 g/mol. The Bertz CT molecular complexity index is 1170. The summed E-state index contributed by atoms with van der Waals surface area (Å²) >= 11 is 0. The number of benzene rings is 2. The molecular weight excluding hydrogens is 404 g/mol. The number of aliphatic hydroxyl groups excluding tert-OH is 1. The third-order valence-electron chi connectivity index (χ3n) is 5.23. The van der Waals surface area contributed by atoms with Gasteiger partial charge in [0.15, 0.2) is 0 Å². The van der Waals surface area contributed by atoms with E-state index in [0.717, 1.165) is 5.56 Å². The van der Waals surface area contributed by atoms with Gasteiger partial charge in [0.1, 0.15) is 17.3 Å². The number of amides is 1. The fraction of sp³-hybridized carbons (Fsp3) is 0.192. The smallest absolute Gasteiger partial charge is 0.301 e. The van der Waals surface area contributed by atoms with Gasteiger partial charge in [0.25, 0.3) is 5.78 Å². The molecule has 1 aliphatic rings. The number of pyridine rings is 1. The summed E-state index contributed by atoms with van der Waals surface area (Å²) in [5, 5.41) is 11.2. The van der Waals surface area contributed by atoms with E-state index in [1.807, 2.05) is 45.0 Å². The highest BCUT2D eigenvalue weighted by molar-refractivity contribution is 6.51. The minimum Gasteiger partial charge on any atom is -0.507 e. The lowest BCUT2D eigenvalue weighted by Gasteiger charge is -2.24. The lowest BCUT2D eigenvalue weighted by atomic mass is 9.94. The molecule has 4 rings (SSSR count). The number of aliphatic hydroxyl groups is 1. The van der Waals surface area contributed by atoms with Crippen molar-refractivity contribution in [2.45, 2.75) is 32.9 Å².